The fraction of sp³-hybridized carbons (Fsp3) is 0. The lowest BCUT2D eigenvalue weighted by Gasteiger charge is -2.26. The zero-order valence-corrected chi connectivity index (χ0v) is 41.2. The minimum Gasteiger partial charge on any atom is -0.318 e. The number of fused-ring (bicyclic) bond motifs is 14. The Bertz CT molecular complexity index is 4690. The largest absolute Gasteiger partial charge is 0.318 e. The van der Waals surface area contributed by atoms with Crippen LogP contribution in [-0.2, 0) is 0 Å². The number of para-hydroxylation sites is 2. The number of nitrogens with zero attached hydrogens (tertiary/aromatic N) is 4. The normalized spacial score (nSPS) is 11.8. The van der Waals surface area contributed by atoms with E-state index in [9.17, 15) is 11.8 Å². The molecule has 0 aliphatic carbocycles. The molecular formula is C68H38N4S2. The Morgan fingerprint density at radius 3 is 1.28 bits per heavy atom. The molecule has 342 valence electrons. The minimum absolute atomic E-state index is 0.405. The second-order valence-corrected chi connectivity index (χ2v) is 21.0. The first kappa shape index (κ1) is 42.2. The third-order valence-corrected chi connectivity index (χ3v) is 17.4. The molecule has 0 bridgehead atoms. The highest BCUT2D eigenvalue weighted by Crippen LogP contribution is 2.54. The molecule has 6 heteroatoms. The van der Waals surface area contributed by atoms with Gasteiger partial charge < -0.3 is 9.13 Å². The molecule has 0 atom stereocenters. The number of aromatic nitrogens is 2. The predicted octanol–water partition coefficient (Wildman–Crippen LogP) is 19.7. The van der Waals surface area contributed by atoms with Gasteiger partial charge in [0.2, 0.25) is 5.69 Å². The first-order valence-corrected chi connectivity index (χ1v) is 26.3. The van der Waals surface area contributed by atoms with E-state index in [1.54, 1.807) is 0 Å². The summed E-state index contributed by atoms with van der Waals surface area (Å²) in [6.07, 6.45) is 0. The van der Waals surface area contributed by atoms with Crippen LogP contribution in [0.2, 0.25) is 0 Å². The van der Waals surface area contributed by atoms with Crippen LogP contribution in [0.4, 0.5) is 5.69 Å². The van der Waals surface area contributed by atoms with Gasteiger partial charge in [-0.25, -0.2) is 4.85 Å². The smallest absolute Gasteiger partial charge is 0.220 e. The van der Waals surface area contributed by atoms with Crippen LogP contribution in [0.5, 0.6) is 0 Å². The molecular weight excluding hydrogens is 937 g/mol. The van der Waals surface area contributed by atoms with Gasteiger partial charge in [-0.15, -0.1) is 22.7 Å². The third-order valence-electron chi connectivity index (χ3n) is 15.0. The number of hydrogen-bond donors (Lipinski definition) is 0. The van der Waals surface area contributed by atoms with Crippen LogP contribution >= 0.6 is 22.7 Å². The highest BCUT2D eigenvalue weighted by Gasteiger charge is 2.33. The van der Waals surface area contributed by atoms with Crippen molar-refractivity contribution in [1.82, 2.24) is 9.13 Å². The minimum atomic E-state index is 0.405. The summed E-state index contributed by atoms with van der Waals surface area (Å²) in [6.45, 7) is 9.57. The summed E-state index contributed by atoms with van der Waals surface area (Å²) in [6, 6.07) is 84.3. The third kappa shape index (κ3) is 6.11. The molecule has 0 N–H and O–H groups in total. The molecule has 74 heavy (non-hydrogen) atoms. The Morgan fingerprint density at radius 1 is 0.365 bits per heavy atom. The van der Waals surface area contributed by atoms with Crippen molar-refractivity contribution in [2.24, 2.45) is 0 Å². The highest BCUT2D eigenvalue weighted by molar-refractivity contribution is 7.27. The Balaban J connectivity index is 1.19. The van der Waals surface area contributed by atoms with Crippen molar-refractivity contribution in [2.45, 2.75) is 0 Å². The second-order valence-electron chi connectivity index (χ2n) is 18.9. The lowest BCUT2D eigenvalue weighted by atomic mass is 9.87. The molecule has 0 radical (unpaired) electrons. The Kier molecular flexibility index (Phi) is 9.40. The van der Waals surface area contributed by atoms with Gasteiger partial charge in [0, 0.05) is 73.0 Å². The van der Waals surface area contributed by atoms with Gasteiger partial charge in [-0.1, -0.05) is 182 Å². The van der Waals surface area contributed by atoms with Gasteiger partial charge in [-0.05, 0) is 81.9 Å². The molecule has 11 aromatic carbocycles. The number of nitriles is 1. The molecule has 4 aromatic heterocycles. The molecule has 0 aliphatic heterocycles. The SMILES string of the molecule is [C-]#[N+]c1c(-c2cccc(-c3ccccc3)c2)c(C#N)c(-n2c3ccccc3c3c4sc5ccccc5c4ccc32)c(-c2cccc(-c3ccccc3)c2)c1-n1c2ccccc2c2c3sc4ccccc4c3ccc21. The number of thiophene rings is 2. The fourth-order valence-corrected chi connectivity index (χ4v) is 14.4. The summed E-state index contributed by atoms with van der Waals surface area (Å²) >= 11 is 3.63. The monoisotopic (exact) mass is 974 g/mol. The number of benzene rings is 11. The lowest BCUT2D eigenvalue weighted by molar-refractivity contribution is 1.13. The van der Waals surface area contributed by atoms with Gasteiger partial charge in [0.1, 0.15) is 6.07 Å². The molecule has 0 spiro atoms. The van der Waals surface area contributed by atoms with Crippen LogP contribution in [0.25, 0.3) is 145 Å². The van der Waals surface area contributed by atoms with E-state index in [-0.39, 0.29) is 0 Å². The fourth-order valence-electron chi connectivity index (χ4n) is 11.8. The predicted molar refractivity (Wildman–Crippen MR) is 314 cm³/mol. The van der Waals surface area contributed by atoms with Crippen molar-refractivity contribution in [2.75, 3.05) is 0 Å². The van der Waals surface area contributed by atoms with Crippen LogP contribution in [0.15, 0.2) is 231 Å². The van der Waals surface area contributed by atoms with E-state index in [0.717, 1.165) is 93.9 Å². The maximum absolute atomic E-state index is 12.3. The molecule has 0 amide bonds. The Morgan fingerprint density at radius 2 is 0.784 bits per heavy atom. The van der Waals surface area contributed by atoms with E-state index in [1.807, 2.05) is 46.9 Å². The van der Waals surface area contributed by atoms with Gasteiger partial charge >= 0.3 is 0 Å². The summed E-state index contributed by atoms with van der Waals surface area (Å²) in [4.78, 5) is 4.68. The summed E-state index contributed by atoms with van der Waals surface area (Å²) < 4.78 is 9.55. The van der Waals surface area contributed by atoms with Crippen LogP contribution in [0, 0.1) is 17.9 Å². The van der Waals surface area contributed by atoms with Crippen LogP contribution in [0.1, 0.15) is 5.56 Å². The van der Waals surface area contributed by atoms with Gasteiger partial charge in [0.25, 0.3) is 0 Å². The van der Waals surface area contributed by atoms with Crippen molar-refractivity contribution in [1.29, 1.82) is 5.26 Å². The van der Waals surface area contributed by atoms with E-state index in [1.165, 1.54) is 40.3 Å². The molecule has 0 saturated carbocycles. The van der Waals surface area contributed by atoms with E-state index in [2.05, 4.69) is 226 Å². The zero-order chi connectivity index (χ0) is 49.0. The lowest BCUT2D eigenvalue weighted by Crippen LogP contribution is -2.09. The second kappa shape index (κ2) is 16.5. The summed E-state index contributed by atoms with van der Waals surface area (Å²) in [5.41, 5.74) is 13.4. The molecule has 0 saturated heterocycles. The first-order chi connectivity index (χ1) is 36.7. The van der Waals surface area contributed by atoms with E-state index in [4.69, 9.17) is 0 Å². The molecule has 4 heterocycles. The Labute approximate surface area is 433 Å². The Hall–Kier alpha value is -9.56. The molecule has 4 nitrogen and oxygen atoms in total. The van der Waals surface area contributed by atoms with Gasteiger partial charge in [0.05, 0.1) is 45.6 Å². The zero-order valence-electron chi connectivity index (χ0n) is 39.5. The van der Waals surface area contributed by atoms with E-state index < -0.39 is 0 Å². The summed E-state index contributed by atoms with van der Waals surface area (Å²) in [5.74, 6) is 0. The van der Waals surface area contributed by atoms with Crippen LogP contribution in [-0.4, -0.2) is 9.13 Å². The van der Waals surface area contributed by atoms with Crippen molar-refractivity contribution in [3.8, 4) is 62.0 Å². The van der Waals surface area contributed by atoms with Gasteiger partial charge in [-0.2, -0.15) is 5.26 Å². The van der Waals surface area contributed by atoms with Crippen molar-refractivity contribution < 1.29 is 0 Å². The van der Waals surface area contributed by atoms with Gasteiger partial charge in [-0.3, -0.25) is 0 Å². The first-order valence-electron chi connectivity index (χ1n) is 24.7. The maximum atomic E-state index is 12.3. The molecule has 15 aromatic rings. The van der Waals surface area contributed by atoms with E-state index in [0.29, 0.717) is 16.8 Å². The summed E-state index contributed by atoms with van der Waals surface area (Å²) in [7, 11) is 0. The average Bonchev–Trinajstić information content (AvgIpc) is 4.22. The number of hydrogen-bond acceptors (Lipinski definition) is 3. The van der Waals surface area contributed by atoms with Crippen LogP contribution < -0.4 is 0 Å². The van der Waals surface area contributed by atoms with E-state index >= 15 is 0 Å². The van der Waals surface area contributed by atoms with Crippen molar-refractivity contribution >= 4 is 112 Å². The average molecular weight is 975 g/mol. The maximum Gasteiger partial charge on any atom is 0.220 e. The summed E-state index contributed by atoms with van der Waals surface area (Å²) in [5, 5.41) is 21.6. The molecule has 0 fully saturated rings. The van der Waals surface area contributed by atoms with Gasteiger partial charge in [0.15, 0.2) is 0 Å². The molecule has 0 aliphatic rings. The standard InChI is InChI=1S/C68H38N4S2/c1-70-64-60(45-24-16-22-43(38-45)41-18-4-2-5-19-41)53(40-69)65(71-54-30-12-8-28-51(54)62-56(71)36-34-49-47-26-10-14-32-58(47)73-67(49)62)61(46-25-17-23-44(39-46)42-20-6-3-7-21-42)66(64)72-55-31-13-9-29-52(55)63-57(72)37-35-50-48-27-11-15-33-59(48)74-68(50)63/h2-39H. The van der Waals surface area contributed by atoms with Crippen molar-refractivity contribution in [3.63, 3.8) is 0 Å². The van der Waals surface area contributed by atoms with Crippen molar-refractivity contribution in [3.05, 3.63) is 248 Å². The quantitative estimate of drug-likeness (QED) is 0.153. The molecule has 0 unspecified atom stereocenters. The topological polar surface area (TPSA) is 38.0 Å². The van der Waals surface area contributed by atoms with Crippen LogP contribution in [0.3, 0.4) is 0 Å². The molecule has 15 rings (SSSR count). The number of rotatable bonds is 6. The highest BCUT2D eigenvalue weighted by atomic mass is 32.1.